The summed E-state index contributed by atoms with van der Waals surface area (Å²) in [5.74, 6) is -1.60. The fourth-order valence-electron chi connectivity index (χ4n) is 3.70. The summed E-state index contributed by atoms with van der Waals surface area (Å²) < 4.78 is 31.9. The van der Waals surface area contributed by atoms with Gasteiger partial charge in [0.25, 0.3) is 5.91 Å². The van der Waals surface area contributed by atoms with E-state index in [1.807, 2.05) is 0 Å². The quantitative estimate of drug-likeness (QED) is 0.598. The molecule has 0 aliphatic carbocycles. The topological polar surface area (TPSA) is 78.9 Å². The van der Waals surface area contributed by atoms with Crippen molar-refractivity contribution in [3.63, 3.8) is 0 Å². The predicted octanol–water partition coefficient (Wildman–Crippen LogP) is 3.68. The normalized spacial score (nSPS) is 17.0. The van der Waals surface area contributed by atoms with Gasteiger partial charge in [-0.3, -0.25) is 9.59 Å². The molecule has 3 aromatic rings. The van der Waals surface area contributed by atoms with Gasteiger partial charge in [0, 0.05) is 17.8 Å². The van der Waals surface area contributed by atoms with E-state index in [9.17, 15) is 23.5 Å². The number of morpholine rings is 1. The Morgan fingerprint density at radius 3 is 2.48 bits per heavy atom. The molecule has 0 aromatic heterocycles. The second kappa shape index (κ2) is 9.89. The Morgan fingerprint density at radius 2 is 1.79 bits per heavy atom. The molecule has 2 amide bonds. The number of aliphatic hydroxyl groups excluding tert-OH is 1. The van der Waals surface area contributed by atoms with Crippen LogP contribution in [0.3, 0.4) is 0 Å². The number of carbonyl (C=O) groups is 2. The molecule has 1 fully saturated rings. The number of carbonyl (C=O) groups excluding carboxylic acids is 2. The summed E-state index contributed by atoms with van der Waals surface area (Å²) in [4.78, 5) is 26.3. The van der Waals surface area contributed by atoms with Crippen molar-refractivity contribution in [1.82, 2.24) is 4.90 Å². The molecule has 2 N–H and O–H groups in total. The first kappa shape index (κ1) is 22.6. The van der Waals surface area contributed by atoms with Gasteiger partial charge < -0.3 is 20.1 Å². The summed E-state index contributed by atoms with van der Waals surface area (Å²) >= 11 is 0. The summed E-state index contributed by atoms with van der Waals surface area (Å²) in [6.45, 7) is 0.271. The van der Waals surface area contributed by atoms with Crippen LogP contribution in [-0.4, -0.2) is 41.1 Å². The van der Waals surface area contributed by atoms with Crippen molar-refractivity contribution >= 4 is 17.5 Å². The lowest BCUT2D eigenvalue weighted by molar-refractivity contribution is -0.155. The number of ether oxygens (including phenoxy) is 1. The maximum atomic E-state index is 13.3. The Bertz CT molecular complexity index is 1140. The van der Waals surface area contributed by atoms with Crippen LogP contribution in [0.2, 0.25) is 0 Å². The molecule has 3 aromatic carbocycles. The van der Waals surface area contributed by atoms with E-state index in [1.165, 1.54) is 35.2 Å². The average molecular weight is 452 g/mol. The SMILES string of the molecule is O=C(Nc1ccc(C(O)C2COCC(=O)N2Cc2ccc(F)cc2)cc1)c1cccc(F)c1. The van der Waals surface area contributed by atoms with E-state index in [0.29, 0.717) is 11.3 Å². The third-order valence-corrected chi connectivity index (χ3v) is 5.46. The summed E-state index contributed by atoms with van der Waals surface area (Å²) in [5, 5.41) is 13.7. The maximum absolute atomic E-state index is 13.3. The number of hydrogen-bond donors (Lipinski definition) is 2. The molecule has 0 radical (unpaired) electrons. The molecule has 0 spiro atoms. The Hall–Kier alpha value is -3.62. The Morgan fingerprint density at radius 1 is 1.06 bits per heavy atom. The molecule has 170 valence electrons. The van der Waals surface area contributed by atoms with Gasteiger partial charge >= 0.3 is 0 Å². The fraction of sp³-hybridized carbons (Fsp3) is 0.200. The van der Waals surface area contributed by atoms with Gasteiger partial charge in [-0.05, 0) is 53.6 Å². The summed E-state index contributed by atoms with van der Waals surface area (Å²) in [7, 11) is 0. The lowest BCUT2D eigenvalue weighted by atomic mass is 9.99. The van der Waals surface area contributed by atoms with Crippen molar-refractivity contribution in [3.05, 3.63) is 101 Å². The largest absolute Gasteiger partial charge is 0.386 e. The number of amides is 2. The lowest BCUT2D eigenvalue weighted by Crippen LogP contribution is -2.51. The molecule has 2 unspecified atom stereocenters. The van der Waals surface area contributed by atoms with E-state index in [4.69, 9.17) is 4.74 Å². The minimum Gasteiger partial charge on any atom is -0.386 e. The number of aliphatic hydroxyl groups is 1. The van der Waals surface area contributed by atoms with E-state index < -0.39 is 23.9 Å². The molecule has 2 atom stereocenters. The maximum Gasteiger partial charge on any atom is 0.255 e. The number of hydrogen-bond acceptors (Lipinski definition) is 4. The molecule has 1 saturated heterocycles. The Balaban J connectivity index is 1.46. The molecule has 0 bridgehead atoms. The van der Waals surface area contributed by atoms with Crippen molar-refractivity contribution in [3.8, 4) is 0 Å². The molecule has 33 heavy (non-hydrogen) atoms. The summed E-state index contributed by atoms with van der Waals surface area (Å²) in [5.41, 5.74) is 1.93. The Kier molecular flexibility index (Phi) is 6.76. The highest BCUT2D eigenvalue weighted by molar-refractivity contribution is 6.04. The second-order valence-electron chi connectivity index (χ2n) is 7.76. The van der Waals surface area contributed by atoms with Crippen molar-refractivity contribution in [2.75, 3.05) is 18.5 Å². The zero-order chi connectivity index (χ0) is 23.4. The summed E-state index contributed by atoms with van der Waals surface area (Å²) in [6.07, 6.45) is -1.04. The minimum absolute atomic E-state index is 0.0878. The smallest absolute Gasteiger partial charge is 0.255 e. The van der Waals surface area contributed by atoms with Crippen LogP contribution in [0.5, 0.6) is 0 Å². The standard InChI is InChI=1S/C25H22F2N2O4/c26-19-8-4-16(5-9-19)13-29-22(14-33-15-23(29)30)24(31)17-6-10-21(11-7-17)28-25(32)18-2-1-3-20(27)12-18/h1-12,22,24,31H,13-15H2,(H,28,32). The number of benzene rings is 3. The highest BCUT2D eigenvalue weighted by Gasteiger charge is 2.34. The third kappa shape index (κ3) is 5.42. The third-order valence-electron chi connectivity index (χ3n) is 5.46. The molecular formula is C25H22F2N2O4. The van der Waals surface area contributed by atoms with Gasteiger partial charge in [0.15, 0.2) is 0 Å². The molecule has 1 heterocycles. The zero-order valence-electron chi connectivity index (χ0n) is 17.6. The van der Waals surface area contributed by atoms with E-state index in [1.54, 1.807) is 36.4 Å². The lowest BCUT2D eigenvalue weighted by Gasteiger charge is -2.38. The average Bonchev–Trinajstić information content (AvgIpc) is 2.82. The van der Waals surface area contributed by atoms with Gasteiger partial charge in [-0.25, -0.2) is 8.78 Å². The van der Waals surface area contributed by atoms with E-state index in [0.717, 1.165) is 11.6 Å². The van der Waals surface area contributed by atoms with Gasteiger partial charge in [-0.15, -0.1) is 0 Å². The van der Waals surface area contributed by atoms with E-state index in [-0.39, 0.29) is 37.0 Å². The van der Waals surface area contributed by atoms with Crippen LogP contribution in [0.4, 0.5) is 14.5 Å². The first-order valence-corrected chi connectivity index (χ1v) is 10.4. The van der Waals surface area contributed by atoms with Gasteiger partial charge in [-0.2, -0.15) is 0 Å². The van der Waals surface area contributed by atoms with Crippen molar-refractivity contribution in [2.24, 2.45) is 0 Å². The first-order valence-electron chi connectivity index (χ1n) is 10.4. The highest BCUT2D eigenvalue weighted by Crippen LogP contribution is 2.27. The van der Waals surface area contributed by atoms with Crippen LogP contribution in [-0.2, 0) is 16.1 Å². The highest BCUT2D eigenvalue weighted by atomic mass is 19.1. The predicted molar refractivity (Wildman–Crippen MR) is 117 cm³/mol. The van der Waals surface area contributed by atoms with Crippen LogP contribution in [0.1, 0.15) is 27.6 Å². The summed E-state index contributed by atoms with van der Waals surface area (Å²) in [6, 6.07) is 17.1. The van der Waals surface area contributed by atoms with Crippen molar-refractivity contribution in [2.45, 2.75) is 18.7 Å². The van der Waals surface area contributed by atoms with Gasteiger partial charge in [-0.1, -0.05) is 30.3 Å². The van der Waals surface area contributed by atoms with Crippen LogP contribution >= 0.6 is 0 Å². The molecule has 8 heteroatoms. The van der Waals surface area contributed by atoms with Gasteiger partial charge in [0.05, 0.1) is 12.6 Å². The van der Waals surface area contributed by atoms with E-state index >= 15 is 0 Å². The molecule has 0 saturated carbocycles. The van der Waals surface area contributed by atoms with E-state index in [2.05, 4.69) is 5.32 Å². The number of nitrogens with zero attached hydrogens (tertiary/aromatic N) is 1. The Labute approximate surface area is 189 Å². The molecule has 1 aliphatic heterocycles. The van der Waals surface area contributed by atoms with Crippen LogP contribution in [0.15, 0.2) is 72.8 Å². The number of rotatable bonds is 6. The molecule has 4 rings (SSSR count). The molecule has 1 aliphatic rings. The van der Waals surface area contributed by atoms with Crippen LogP contribution in [0, 0.1) is 11.6 Å². The van der Waals surface area contributed by atoms with Gasteiger partial charge in [0.1, 0.15) is 24.3 Å². The van der Waals surface area contributed by atoms with Crippen molar-refractivity contribution < 1.29 is 28.2 Å². The second-order valence-corrected chi connectivity index (χ2v) is 7.76. The number of nitrogens with one attached hydrogen (secondary N) is 1. The number of anilines is 1. The number of halogens is 2. The fourth-order valence-corrected chi connectivity index (χ4v) is 3.70. The zero-order valence-corrected chi connectivity index (χ0v) is 17.6. The van der Waals surface area contributed by atoms with Crippen LogP contribution in [0.25, 0.3) is 0 Å². The molecule has 6 nitrogen and oxygen atoms in total. The van der Waals surface area contributed by atoms with Crippen LogP contribution < -0.4 is 5.32 Å². The monoisotopic (exact) mass is 452 g/mol. The van der Waals surface area contributed by atoms with Gasteiger partial charge in [0.2, 0.25) is 5.91 Å². The first-order chi connectivity index (χ1) is 15.9. The minimum atomic E-state index is -1.04. The molecular weight excluding hydrogens is 430 g/mol. The van der Waals surface area contributed by atoms with Crippen molar-refractivity contribution in [1.29, 1.82) is 0 Å².